The van der Waals surface area contributed by atoms with Gasteiger partial charge >= 0.3 is 0 Å². The zero-order valence-electron chi connectivity index (χ0n) is 17.5. The first kappa shape index (κ1) is 19.8. The number of amides is 1. The number of aromatic nitrogens is 2. The van der Waals surface area contributed by atoms with Crippen LogP contribution in [0.1, 0.15) is 17.0 Å². The number of hydrogen-bond acceptors (Lipinski definition) is 6. The molecule has 1 aliphatic rings. The second-order valence-electron chi connectivity index (χ2n) is 7.52. The third-order valence-electron chi connectivity index (χ3n) is 5.18. The van der Waals surface area contributed by atoms with E-state index in [2.05, 4.69) is 10.1 Å². The quantitative estimate of drug-likeness (QED) is 0.449. The lowest BCUT2D eigenvalue weighted by atomic mass is 10.1. The normalized spacial score (nSPS) is 12.9. The van der Waals surface area contributed by atoms with Crippen LogP contribution in [0.15, 0.2) is 77.3 Å². The number of fused-ring (bicyclic) bond motifs is 1. The lowest BCUT2D eigenvalue weighted by Gasteiger charge is -2.28. The molecule has 0 saturated heterocycles. The summed E-state index contributed by atoms with van der Waals surface area (Å²) in [5, 5.41) is 4.13. The highest BCUT2D eigenvalue weighted by Crippen LogP contribution is 2.34. The number of ether oxygens (including phenoxy) is 2. The Morgan fingerprint density at radius 2 is 1.84 bits per heavy atom. The molecule has 1 aliphatic heterocycles. The van der Waals surface area contributed by atoms with Crippen LogP contribution in [-0.4, -0.2) is 22.7 Å². The van der Waals surface area contributed by atoms with Crippen LogP contribution in [0.5, 0.6) is 11.5 Å². The number of carbonyl (C=O) groups excluding carboxylic acids is 1. The maximum absolute atomic E-state index is 12.5. The molecule has 160 valence electrons. The Balaban J connectivity index is 1.37. The van der Waals surface area contributed by atoms with E-state index in [0.717, 1.165) is 16.7 Å². The molecule has 1 aromatic heterocycles. The molecular weight excluding hydrogens is 406 g/mol. The van der Waals surface area contributed by atoms with E-state index in [0.29, 0.717) is 35.5 Å². The molecular formula is C25H21N3O4. The van der Waals surface area contributed by atoms with E-state index in [4.69, 9.17) is 14.0 Å². The van der Waals surface area contributed by atoms with E-state index in [1.54, 1.807) is 4.90 Å². The van der Waals surface area contributed by atoms with Crippen molar-refractivity contribution in [3.05, 3.63) is 89.8 Å². The Kier molecular flexibility index (Phi) is 5.29. The lowest BCUT2D eigenvalue weighted by Crippen LogP contribution is -2.38. The first-order chi connectivity index (χ1) is 15.7. The van der Waals surface area contributed by atoms with Crippen molar-refractivity contribution in [3.63, 3.8) is 0 Å². The van der Waals surface area contributed by atoms with Crippen LogP contribution in [0.4, 0.5) is 5.69 Å². The van der Waals surface area contributed by atoms with Crippen LogP contribution < -0.4 is 14.4 Å². The number of hydrogen-bond donors (Lipinski definition) is 0. The van der Waals surface area contributed by atoms with E-state index in [9.17, 15) is 4.79 Å². The molecule has 3 aromatic carbocycles. The van der Waals surface area contributed by atoms with Crippen LogP contribution in [-0.2, 0) is 17.9 Å². The van der Waals surface area contributed by atoms with Crippen LogP contribution >= 0.6 is 0 Å². The zero-order valence-corrected chi connectivity index (χ0v) is 17.5. The second-order valence-corrected chi connectivity index (χ2v) is 7.52. The number of nitrogens with zero attached hydrogens (tertiary/aromatic N) is 3. The Morgan fingerprint density at radius 3 is 2.72 bits per heavy atom. The Labute approximate surface area is 185 Å². The summed E-state index contributed by atoms with van der Waals surface area (Å²) in [6.07, 6.45) is 0. The summed E-state index contributed by atoms with van der Waals surface area (Å²) in [6, 6.07) is 23.2. The summed E-state index contributed by atoms with van der Waals surface area (Å²) in [4.78, 5) is 18.6. The van der Waals surface area contributed by atoms with Crippen LogP contribution in [0, 0.1) is 6.92 Å². The third kappa shape index (κ3) is 4.05. The summed E-state index contributed by atoms with van der Waals surface area (Å²) >= 11 is 0. The topological polar surface area (TPSA) is 77.7 Å². The van der Waals surface area contributed by atoms with E-state index < -0.39 is 0 Å². The molecule has 0 spiro atoms. The fraction of sp³-hybridized carbons (Fsp3) is 0.160. The van der Waals surface area contributed by atoms with E-state index in [1.165, 1.54) is 0 Å². The van der Waals surface area contributed by atoms with Gasteiger partial charge in [0, 0.05) is 0 Å². The molecule has 0 N–H and O–H groups in total. The standard InChI is InChI=1S/C25H21N3O4/c1-17-11-12-20-22(13-17)31-16-24(29)28(20)14-23-26-25(27-32-23)19-9-5-6-10-21(19)30-15-18-7-3-2-4-8-18/h2-13H,14-16H2,1H3. The summed E-state index contributed by atoms with van der Waals surface area (Å²) in [5.74, 6) is 1.91. The first-order valence-corrected chi connectivity index (χ1v) is 10.3. The van der Waals surface area contributed by atoms with Gasteiger partial charge in [-0.05, 0) is 42.3 Å². The van der Waals surface area contributed by atoms with Crippen molar-refractivity contribution in [1.29, 1.82) is 0 Å². The number of anilines is 1. The van der Waals surface area contributed by atoms with Gasteiger partial charge in [-0.15, -0.1) is 0 Å². The predicted octanol–water partition coefficient (Wildman–Crippen LogP) is 4.55. The van der Waals surface area contributed by atoms with Crippen molar-refractivity contribution in [2.75, 3.05) is 11.5 Å². The predicted molar refractivity (Wildman–Crippen MR) is 118 cm³/mol. The monoisotopic (exact) mass is 427 g/mol. The van der Waals surface area contributed by atoms with Crippen molar-refractivity contribution >= 4 is 11.6 Å². The van der Waals surface area contributed by atoms with Gasteiger partial charge in [0.2, 0.25) is 11.7 Å². The van der Waals surface area contributed by atoms with Gasteiger partial charge < -0.3 is 14.0 Å². The Morgan fingerprint density at radius 1 is 1.03 bits per heavy atom. The van der Waals surface area contributed by atoms with Crippen molar-refractivity contribution in [2.45, 2.75) is 20.1 Å². The van der Waals surface area contributed by atoms with Gasteiger partial charge in [0.25, 0.3) is 5.91 Å². The van der Waals surface area contributed by atoms with Gasteiger partial charge in [-0.25, -0.2) is 0 Å². The number of carbonyl (C=O) groups is 1. The van der Waals surface area contributed by atoms with Crippen LogP contribution in [0.2, 0.25) is 0 Å². The SMILES string of the molecule is Cc1ccc2c(c1)OCC(=O)N2Cc1nc(-c2ccccc2OCc2ccccc2)no1. The Bertz CT molecular complexity index is 1250. The van der Waals surface area contributed by atoms with Crippen molar-refractivity contribution in [3.8, 4) is 22.9 Å². The highest BCUT2D eigenvalue weighted by atomic mass is 16.5. The van der Waals surface area contributed by atoms with E-state index in [-0.39, 0.29) is 19.1 Å². The van der Waals surface area contributed by atoms with Gasteiger partial charge in [0.05, 0.1) is 11.3 Å². The molecule has 32 heavy (non-hydrogen) atoms. The van der Waals surface area contributed by atoms with Gasteiger partial charge in [0.15, 0.2) is 6.61 Å². The van der Waals surface area contributed by atoms with Crippen LogP contribution in [0.25, 0.3) is 11.4 Å². The van der Waals surface area contributed by atoms with E-state index >= 15 is 0 Å². The fourth-order valence-electron chi connectivity index (χ4n) is 3.56. The minimum absolute atomic E-state index is 0.0202. The van der Waals surface area contributed by atoms with E-state index in [1.807, 2.05) is 79.7 Å². The van der Waals surface area contributed by atoms with Gasteiger partial charge in [-0.2, -0.15) is 4.98 Å². The highest BCUT2D eigenvalue weighted by Gasteiger charge is 2.27. The summed E-state index contributed by atoms with van der Waals surface area (Å²) in [5.41, 5.74) is 3.54. The Hall–Kier alpha value is -4.13. The largest absolute Gasteiger partial charge is 0.488 e. The third-order valence-corrected chi connectivity index (χ3v) is 5.18. The summed E-state index contributed by atoms with van der Waals surface area (Å²) < 4.78 is 17.0. The molecule has 0 unspecified atom stereocenters. The average Bonchev–Trinajstić information content (AvgIpc) is 3.29. The van der Waals surface area contributed by atoms with Gasteiger partial charge in [-0.1, -0.05) is 53.7 Å². The van der Waals surface area contributed by atoms with Crippen molar-refractivity contribution in [2.24, 2.45) is 0 Å². The van der Waals surface area contributed by atoms with Crippen molar-refractivity contribution in [1.82, 2.24) is 10.1 Å². The maximum atomic E-state index is 12.5. The number of aryl methyl sites for hydroxylation is 1. The maximum Gasteiger partial charge on any atom is 0.265 e. The molecule has 0 radical (unpaired) electrons. The number of benzene rings is 3. The summed E-state index contributed by atoms with van der Waals surface area (Å²) in [6.45, 7) is 2.55. The molecule has 2 heterocycles. The molecule has 4 aromatic rings. The average molecular weight is 427 g/mol. The summed E-state index contributed by atoms with van der Waals surface area (Å²) in [7, 11) is 0. The van der Waals surface area contributed by atoms with Crippen molar-refractivity contribution < 1.29 is 18.8 Å². The first-order valence-electron chi connectivity index (χ1n) is 10.3. The molecule has 0 bridgehead atoms. The highest BCUT2D eigenvalue weighted by molar-refractivity contribution is 5.97. The molecule has 0 saturated carbocycles. The fourth-order valence-corrected chi connectivity index (χ4v) is 3.56. The van der Waals surface area contributed by atoms with Crippen LogP contribution in [0.3, 0.4) is 0 Å². The van der Waals surface area contributed by atoms with Gasteiger partial charge in [-0.3, -0.25) is 9.69 Å². The molecule has 7 heteroatoms. The molecule has 1 amide bonds. The molecule has 0 atom stereocenters. The lowest BCUT2D eigenvalue weighted by molar-refractivity contribution is -0.121. The molecule has 5 rings (SSSR count). The number of rotatable bonds is 6. The molecule has 0 aliphatic carbocycles. The second kappa shape index (κ2) is 8.55. The van der Waals surface area contributed by atoms with Gasteiger partial charge in [0.1, 0.15) is 24.7 Å². The molecule has 7 nitrogen and oxygen atoms in total. The number of para-hydroxylation sites is 1. The zero-order chi connectivity index (χ0) is 21.9. The minimum Gasteiger partial charge on any atom is -0.488 e. The minimum atomic E-state index is -0.160. The smallest absolute Gasteiger partial charge is 0.265 e. The molecule has 0 fully saturated rings.